The third-order valence-corrected chi connectivity index (χ3v) is 1.86. The van der Waals surface area contributed by atoms with Crippen LogP contribution in [-0.4, -0.2) is 55.4 Å². The first kappa shape index (κ1) is 16.2. The van der Waals surface area contributed by atoms with Gasteiger partial charge in [-0.15, -0.1) is 0 Å². The molecule has 0 fully saturated rings. The number of hydrogen-bond acceptors (Lipinski definition) is 5. The molecular weight excluding hydrogens is 212 g/mol. The lowest BCUT2D eigenvalue weighted by atomic mass is 10.6. The average molecular weight is 230 g/mol. The minimum absolute atomic E-state index is 0.0278. The highest BCUT2D eigenvalue weighted by atomic mass is 32.2. The molecule has 0 aliphatic heterocycles. The maximum atomic E-state index is 9.79. The fraction of sp³-hybridized carbons (Fsp3) is 1.00. The number of rotatable bonds is 6. The van der Waals surface area contributed by atoms with Crippen LogP contribution in [0.2, 0.25) is 0 Å². The predicted molar refractivity (Wildman–Crippen MR) is 51.7 cm³/mol. The van der Waals surface area contributed by atoms with E-state index < -0.39 is 10.1 Å². The van der Waals surface area contributed by atoms with Gasteiger partial charge in [0, 0.05) is 0 Å². The van der Waals surface area contributed by atoms with Crippen molar-refractivity contribution in [2.75, 3.05) is 32.2 Å². The molecule has 0 aromatic rings. The van der Waals surface area contributed by atoms with E-state index in [1.165, 1.54) is 0 Å². The molecule has 0 heterocycles. The maximum Gasteiger partial charge on any atom is 0.264 e. The Kier molecular flexibility index (Phi) is 12.6. The third-order valence-electron chi connectivity index (χ3n) is 0.933. The van der Waals surface area contributed by atoms with Gasteiger partial charge in [0.15, 0.2) is 0 Å². The molecule has 0 aliphatic carbocycles. The molecule has 0 amide bonds. The largest absolute Gasteiger partial charge is 0.394 e. The van der Waals surface area contributed by atoms with Gasteiger partial charge in [-0.3, -0.25) is 4.55 Å². The van der Waals surface area contributed by atoms with E-state index in [0.29, 0.717) is 19.6 Å². The van der Waals surface area contributed by atoms with Gasteiger partial charge in [-0.1, -0.05) is 6.92 Å². The molecule has 0 rings (SSSR count). The molecule has 0 saturated carbocycles. The fourth-order valence-electron chi connectivity index (χ4n) is 0.489. The van der Waals surface area contributed by atoms with Gasteiger partial charge in [-0.25, -0.2) is 0 Å². The monoisotopic (exact) mass is 230 g/mol. The molecular formula is C7H18O6S. The molecule has 0 radical (unpaired) electrons. The van der Waals surface area contributed by atoms with Crippen LogP contribution in [0, 0.1) is 0 Å². The van der Waals surface area contributed by atoms with Crippen molar-refractivity contribution < 1.29 is 27.9 Å². The van der Waals surface area contributed by atoms with Gasteiger partial charge in [0.25, 0.3) is 10.1 Å². The molecule has 0 aromatic heterocycles. The van der Waals surface area contributed by atoms with Crippen LogP contribution in [0.1, 0.15) is 13.3 Å². The lowest BCUT2D eigenvalue weighted by Gasteiger charge is -1.94. The molecule has 0 aromatic carbocycles. The zero-order chi connectivity index (χ0) is 11.4. The highest BCUT2D eigenvalue weighted by Crippen LogP contribution is 1.83. The Labute approximate surface area is 84.3 Å². The van der Waals surface area contributed by atoms with Crippen LogP contribution in [0.4, 0.5) is 0 Å². The third kappa shape index (κ3) is 22.6. The first-order valence-electron chi connectivity index (χ1n) is 4.22. The number of aliphatic hydroxyl groups is 2. The van der Waals surface area contributed by atoms with Crippen molar-refractivity contribution in [1.29, 1.82) is 0 Å². The summed E-state index contributed by atoms with van der Waals surface area (Å²) in [4.78, 5) is 0. The molecule has 88 valence electrons. The van der Waals surface area contributed by atoms with Gasteiger partial charge in [0.1, 0.15) is 0 Å². The second-order valence-electron chi connectivity index (χ2n) is 2.35. The van der Waals surface area contributed by atoms with Crippen LogP contribution < -0.4 is 0 Å². The lowest BCUT2D eigenvalue weighted by Crippen LogP contribution is -2.03. The fourth-order valence-corrected chi connectivity index (χ4v) is 1.01. The van der Waals surface area contributed by atoms with Gasteiger partial charge in [0.05, 0.1) is 32.2 Å². The van der Waals surface area contributed by atoms with Crippen LogP contribution in [0.3, 0.4) is 0 Å². The van der Waals surface area contributed by atoms with E-state index >= 15 is 0 Å². The lowest BCUT2D eigenvalue weighted by molar-refractivity contribution is 0.0650. The van der Waals surface area contributed by atoms with E-state index in [0.717, 1.165) is 0 Å². The van der Waals surface area contributed by atoms with Gasteiger partial charge in [0.2, 0.25) is 0 Å². The topological polar surface area (TPSA) is 104 Å². The molecule has 0 aliphatic rings. The van der Waals surface area contributed by atoms with E-state index in [1.807, 2.05) is 0 Å². The average Bonchev–Trinajstić information content (AvgIpc) is 2.04. The summed E-state index contributed by atoms with van der Waals surface area (Å²) in [6.45, 7) is 2.38. The Morgan fingerprint density at radius 2 is 1.57 bits per heavy atom. The standard InChI is InChI=1S/C4H10O3.C3H8O3S/c5-1-3-7-4-2-6;1-2-3-7(4,5)6/h5-6H,1-4H2;2-3H2,1H3,(H,4,5,6). The molecule has 7 heteroatoms. The van der Waals surface area contributed by atoms with E-state index in [4.69, 9.17) is 14.8 Å². The van der Waals surface area contributed by atoms with Crippen LogP contribution in [-0.2, 0) is 14.9 Å². The normalized spacial score (nSPS) is 10.6. The second kappa shape index (κ2) is 10.9. The van der Waals surface area contributed by atoms with E-state index in [9.17, 15) is 8.42 Å². The molecule has 14 heavy (non-hydrogen) atoms. The summed E-state index contributed by atoms with van der Waals surface area (Å²) in [5.41, 5.74) is 0. The van der Waals surface area contributed by atoms with Crippen LogP contribution >= 0.6 is 0 Å². The number of aliphatic hydroxyl groups excluding tert-OH is 2. The Morgan fingerprint density at radius 1 is 1.14 bits per heavy atom. The number of ether oxygens (including phenoxy) is 1. The Hall–Kier alpha value is -0.210. The summed E-state index contributed by atoms with van der Waals surface area (Å²) in [6, 6.07) is 0. The quantitative estimate of drug-likeness (QED) is 0.410. The van der Waals surface area contributed by atoms with Crippen molar-refractivity contribution in [2.24, 2.45) is 0 Å². The Balaban J connectivity index is 0. The molecule has 0 atom stereocenters. The second-order valence-corrected chi connectivity index (χ2v) is 3.92. The summed E-state index contributed by atoms with van der Waals surface area (Å²) in [5.74, 6) is -0.132. The Morgan fingerprint density at radius 3 is 1.71 bits per heavy atom. The van der Waals surface area contributed by atoms with Crippen molar-refractivity contribution in [3.63, 3.8) is 0 Å². The van der Waals surface area contributed by atoms with Gasteiger partial charge >= 0.3 is 0 Å². The molecule has 0 unspecified atom stereocenters. The minimum atomic E-state index is -3.67. The summed E-state index contributed by atoms with van der Waals surface area (Å²) in [6.07, 6.45) is 0.471. The van der Waals surface area contributed by atoms with E-state index in [1.54, 1.807) is 6.92 Å². The maximum absolute atomic E-state index is 9.79. The highest BCUT2D eigenvalue weighted by Gasteiger charge is 1.98. The minimum Gasteiger partial charge on any atom is -0.394 e. The molecule has 0 bridgehead atoms. The molecule has 0 spiro atoms. The summed E-state index contributed by atoms with van der Waals surface area (Å²) >= 11 is 0. The summed E-state index contributed by atoms with van der Waals surface area (Å²) in [7, 11) is -3.67. The van der Waals surface area contributed by atoms with Crippen molar-refractivity contribution in [2.45, 2.75) is 13.3 Å². The number of hydrogen-bond donors (Lipinski definition) is 3. The molecule has 3 N–H and O–H groups in total. The van der Waals surface area contributed by atoms with E-state index in [2.05, 4.69) is 4.74 Å². The summed E-state index contributed by atoms with van der Waals surface area (Å²) < 4.78 is 32.2. The zero-order valence-electron chi connectivity index (χ0n) is 8.22. The predicted octanol–water partition coefficient (Wildman–Crippen LogP) is -0.728. The van der Waals surface area contributed by atoms with Crippen molar-refractivity contribution in [3.8, 4) is 0 Å². The van der Waals surface area contributed by atoms with Crippen LogP contribution in [0.5, 0.6) is 0 Å². The smallest absolute Gasteiger partial charge is 0.264 e. The SMILES string of the molecule is CCCS(=O)(=O)O.OCCOCCO. The van der Waals surface area contributed by atoms with Gasteiger partial charge in [-0.2, -0.15) is 8.42 Å². The van der Waals surface area contributed by atoms with Crippen LogP contribution in [0.25, 0.3) is 0 Å². The van der Waals surface area contributed by atoms with Gasteiger partial charge < -0.3 is 14.9 Å². The molecule has 0 saturated heterocycles. The van der Waals surface area contributed by atoms with Gasteiger partial charge in [-0.05, 0) is 6.42 Å². The summed E-state index contributed by atoms with van der Waals surface area (Å²) in [5, 5.41) is 16.2. The zero-order valence-corrected chi connectivity index (χ0v) is 9.03. The highest BCUT2D eigenvalue weighted by molar-refractivity contribution is 7.85. The van der Waals surface area contributed by atoms with E-state index in [-0.39, 0.29) is 19.0 Å². The Bertz CT molecular complexity index is 184. The first-order chi connectivity index (χ1) is 6.47. The van der Waals surface area contributed by atoms with Crippen LogP contribution in [0.15, 0.2) is 0 Å². The van der Waals surface area contributed by atoms with Crippen molar-refractivity contribution in [3.05, 3.63) is 0 Å². The first-order valence-corrected chi connectivity index (χ1v) is 5.83. The van der Waals surface area contributed by atoms with Crippen molar-refractivity contribution in [1.82, 2.24) is 0 Å². The van der Waals surface area contributed by atoms with Crippen molar-refractivity contribution >= 4 is 10.1 Å². The molecule has 6 nitrogen and oxygen atoms in total.